The monoisotopic (exact) mass is 237 g/mol. The molecule has 1 aromatic heterocycles. The molecule has 1 aromatic rings. The third-order valence-corrected chi connectivity index (χ3v) is 4.03. The van der Waals surface area contributed by atoms with E-state index in [2.05, 4.69) is 10.3 Å². The van der Waals surface area contributed by atoms with Crippen molar-refractivity contribution in [2.75, 3.05) is 17.6 Å². The van der Waals surface area contributed by atoms with Crippen molar-refractivity contribution >= 4 is 23.1 Å². The van der Waals surface area contributed by atoms with Crippen LogP contribution in [0, 0.1) is 11.3 Å². The lowest BCUT2D eigenvalue weighted by atomic mass is 10.0. The molecule has 0 saturated heterocycles. The van der Waals surface area contributed by atoms with Gasteiger partial charge in [-0.25, -0.2) is 4.98 Å². The molecule has 16 heavy (non-hydrogen) atoms. The first-order chi connectivity index (χ1) is 7.70. The zero-order valence-corrected chi connectivity index (χ0v) is 9.93. The number of anilines is 2. The van der Waals surface area contributed by atoms with Crippen molar-refractivity contribution in [1.82, 2.24) is 4.98 Å². The van der Waals surface area contributed by atoms with E-state index in [9.17, 15) is 0 Å². The van der Waals surface area contributed by atoms with Crippen LogP contribution in [-0.2, 0) is 0 Å². The molecule has 2 aliphatic rings. The molecule has 0 bridgehead atoms. The number of nitrogen functional groups attached to an aromatic ring is 1. The van der Waals surface area contributed by atoms with Gasteiger partial charge in [0.25, 0.3) is 0 Å². The molecule has 0 aromatic carbocycles. The maximum atomic E-state index is 5.85. The van der Waals surface area contributed by atoms with Crippen molar-refractivity contribution < 1.29 is 0 Å². The Bertz CT molecular complexity index is 411. The minimum Gasteiger partial charge on any atom is -0.396 e. The van der Waals surface area contributed by atoms with Gasteiger partial charge >= 0.3 is 0 Å². The molecule has 3 rings (SSSR count). The highest BCUT2D eigenvalue weighted by Gasteiger charge is 2.53. The molecule has 2 saturated carbocycles. The molecule has 0 aliphatic heterocycles. The number of nitrogens with one attached hydrogen (secondary N) is 1. The molecule has 2 fully saturated rings. The molecule has 3 N–H and O–H groups in total. The van der Waals surface area contributed by atoms with E-state index in [0.717, 1.165) is 18.3 Å². The highest BCUT2D eigenvalue weighted by Crippen LogP contribution is 2.61. The number of hydrogen-bond donors (Lipinski definition) is 2. The van der Waals surface area contributed by atoms with E-state index in [0.29, 0.717) is 16.1 Å². The Balaban J connectivity index is 1.66. The van der Waals surface area contributed by atoms with Crippen molar-refractivity contribution in [3.05, 3.63) is 17.3 Å². The second-order valence-electron chi connectivity index (χ2n) is 5.08. The van der Waals surface area contributed by atoms with Crippen LogP contribution >= 0.6 is 11.6 Å². The van der Waals surface area contributed by atoms with Crippen molar-refractivity contribution in [2.45, 2.75) is 25.7 Å². The van der Waals surface area contributed by atoms with Crippen LogP contribution in [0.5, 0.6) is 0 Å². The molecule has 0 amide bonds. The standard InChI is InChI=1S/C12H16ClN3/c13-9-5-10(14)11(15-6-9)16-7-12(3-4-12)8-1-2-8/h5-6,8H,1-4,7,14H2,(H,15,16). The van der Waals surface area contributed by atoms with Crippen LogP contribution in [0.15, 0.2) is 12.3 Å². The summed E-state index contributed by atoms with van der Waals surface area (Å²) < 4.78 is 0. The minimum atomic E-state index is 0.563. The van der Waals surface area contributed by atoms with Gasteiger partial charge in [-0.1, -0.05) is 11.6 Å². The lowest BCUT2D eigenvalue weighted by molar-refractivity contribution is 0.466. The van der Waals surface area contributed by atoms with Gasteiger partial charge in [0.05, 0.1) is 10.7 Å². The van der Waals surface area contributed by atoms with Gasteiger partial charge in [-0.05, 0) is 43.1 Å². The molecule has 0 unspecified atom stereocenters. The largest absolute Gasteiger partial charge is 0.396 e. The van der Waals surface area contributed by atoms with Crippen LogP contribution in [0.1, 0.15) is 25.7 Å². The summed E-state index contributed by atoms with van der Waals surface area (Å²) in [5.41, 5.74) is 7.05. The first kappa shape index (κ1) is 10.2. The summed E-state index contributed by atoms with van der Waals surface area (Å²) >= 11 is 5.81. The zero-order valence-electron chi connectivity index (χ0n) is 9.17. The molecular weight excluding hydrogens is 222 g/mol. The van der Waals surface area contributed by atoms with Gasteiger partial charge < -0.3 is 11.1 Å². The summed E-state index contributed by atoms with van der Waals surface area (Å²) in [5, 5.41) is 3.96. The highest BCUT2D eigenvalue weighted by atomic mass is 35.5. The van der Waals surface area contributed by atoms with Crippen LogP contribution < -0.4 is 11.1 Å². The predicted octanol–water partition coefficient (Wildman–Crippen LogP) is 2.92. The van der Waals surface area contributed by atoms with Crippen LogP contribution in [0.3, 0.4) is 0 Å². The van der Waals surface area contributed by atoms with Gasteiger partial charge in [-0.15, -0.1) is 0 Å². The Kier molecular flexibility index (Phi) is 2.25. The van der Waals surface area contributed by atoms with Gasteiger partial charge in [0, 0.05) is 12.7 Å². The average Bonchev–Trinajstić information content (AvgIpc) is 3.11. The van der Waals surface area contributed by atoms with Crippen molar-refractivity contribution in [1.29, 1.82) is 0 Å². The fourth-order valence-electron chi connectivity index (χ4n) is 2.45. The number of rotatable bonds is 4. The maximum Gasteiger partial charge on any atom is 0.149 e. The molecule has 2 aliphatic carbocycles. The Morgan fingerprint density at radius 1 is 1.50 bits per heavy atom. The van der Waals surface area contributed by atoms with Gasteiger partial charge in [0.1, 0.15) is 5.82 Å². The quantitative estimate of drug-likeness (QED) is 0.847. The third kappa shape index (κ3) is 1.84. The molecule has 4 heteroatoms. The second kappa shape index (κ2) is 3.52. The van der Waals surface area contributed by atoms with E-state index in [1.54, 1.807) is 12.3 Å². The molecule has 0 spiro atoms. The van der Waals surface area contributed by atoms with Gasteiger partial charge in [0.15, 0.2) is 0 Å². The summed E-state index contributed by atoms with van der Waals surface area (Å²) in [7, 11) is 0. The van der Waals surface area contributed by atoms with E-state index in [4.69, 9.17) is 17.3 Å². The summed E-state index contributed by atoms with van der Waals surface area (Å²) in [4.78, 5) is 4.22. The number of nitrogens with two attached hydrogens (primary N) is 1. The molecular formula is C12H16ClN3. The molecule has 86 valence electrons. The zero-order chi connectivity index (χ0) is 11.2. The number of nitrogens with zero attached hydrogens (tertiary/aromatic N) is 1. The lowest BCUT2D eigenvalue weighted by Gasteiger charge is -2.16. The Labute approximate surface area is 100 Å². The first-order valence-electron chi connectivity index (χ1n) is 5.84. The summed E-state index contributed by atoms with van der Waals surface area (Å²) in [6.45, 7) is 1.01. The minimum absolute atomic E-state index is 0.563. The summed E-state index contributed by atoms with van der Waals surface area (Å²) in [6, 6.07) is 1.74. The highest BCUT2D eigenvalue weighted by molar-refractivity contribution is 6.30. The van der Waals surface area contributed by atoms with E-state index in [1.807, 2.05) is 0 Å². The Hall–Kier alpha value is -0.960. The fourth-order valence-corrected chi connectivity index (χ4v) is 2.61. The fraction of sp³-hybridized carbons (Fsp3) is 0.583. The topological polar surface area (TPSA) is 50.9 Å². The Morgan fingerprint density at radius 2 is 2.25 bits per heavy atom. The van der Waals surface area contributed by atoms with Gasteiger partial charge in [0.2, 0.25) is 0 Å². The SMILES string of the molecule is Nc1cc(Cl)cnc1NCC1(C2CC2)CC1. The van der Waals surface area contributed by atoms with E-state index in [-0.39, 0.29) is 0 Å². The predicted molar refractivity (Wildman–Crippen MR) is 66.5 cm³/mol. The smallest absolute Gasteiger partial charge is 0.149 e. The second-order valence-corrected chi connectivity index (χ2v) is 5.52. The van der Waals surface area contributed by atoms with E-state index in [1.165, 1.54) is 25.7 Å². The normalized spacial score (nSPS) is 21.8. The summed E-state index contributed by atoms with van der Waals surface area (Å²) in [6.07, 6.45) is 7.17. The van der Waals surface area contributed by atoms with Crippen LogP contribution in [-0.4, -0.2) is 11.5 Å². The molecule has 1 heterocycles. The number of hydrogen-bond acceptors (Lipinski definition) is 3. The molecule has 0 radical (unpaired) electrons. The van der Waals surface area contributed by atoms with Crippen LogP contribution in [0.4, 0.5) is 11.5 Å². The summed E-state index contributed by atoms with van der Waals surface area (Å²) in [5.74, 6) is 1.73. The van der Waals surface area contributed by atoms with Crippen LogP contribution in [0.25, 0.3) is 0 Å². The third-order valence-electron chi connectivity index (χ3n) is 3.83. The number of pyridine rings is 1. The molecule has 3 nitrogen and oxygen atoms in total. The van der Waals surface area contributed by atoms with Gasteiger partial charge in [-0.2, -0.15) is 0 Å². The lowest BCUT2D eigenvalue weighted by Crippen LogP contribution is -2.18. The van der Waals surface area contributed by atoms with E-state index < -0.39 is 0 Å². The van der Waals surface area contributed by atoms with E-state index >= 15 is 0 Å². The van der Waals surface area contributed by atoms with Crippen molar-refractivity contribution in [3.8, 4) is 0 Å². The number of halogens is 1. The molecule has 0 atom stereocenters. The first-order valence-corrected chi connectivity index (χ1v) is 6.22. The van der Waals surface area contributed by atoms with Crippen LogP contribution in [0.2, 0.25) is 5.02 Å². The number of aromatic nitrogens is 1. The maximum absolute atomic E-state index is 5.85. The van der Waals surface area contributed by atoms with Gasteiger partial charge in [-0.3, -0.25) is 0 Å². The van der Waals surface area contributed by atoms with Crippen molar-refractivity contribution in [3.63, 3.8) is 0 Å². The van der Waals surface area contributed by atoms with Crippen molar-refractivity contribution in [2.24, 2.45) is 11.3 Å². The average molecular weight is 238 g/mol. The Morgan fingerprint density at radius 3 is 2.81 bits per heavy atom.